The standard InChI is InChI=1S/C25H33NS/c1-6-7-14-25(5,24-11-9-8-10-18(24)2)23(15-19(3)26)17-22-16-21(22)13-12-20(4)27/h6-11,15-17,21,27H,4,12-14,26H2,1-3,5H3/b7-6-,19-15+,23-17?. The van der Waals surface area contributed by atoms with Gasteiger partial charge in [-0.25, -0.2) is 0 Å². The van der Waals surface area contributed by atoms with Gasteiger partial charge < -0.3 is 5.73 Å². The van der Waals surface area contributed by atoms with Gasteiger partial charge in [-0.15, -0.1) is 12.6 Å². The molecule has 0 aromatic heterocycles. The molecular formula is C25H33NS. The molecule has 2 unspecified atom stereocenters. The molecule has 0 amide bonds. The van der Waals surface area contributed by atoms with Crippen molar-refractivity contribution in [2.24, 2.45) is 11.7 Å². The maximum absolute atomic E-state index is 6.13. The minimum atomic E-state index is -0.125. The Morgan fingerprint density at radius 3 is 2.63 bits per heavy atom. The molecule has 0 heterocycles. The minimum Gasteiger partial charge on any atom is -0.402 e. The number of benzene rings is 1. The Balaban J connectivity index is 2.43. The molecule has 1 aromatic rings. The Labute approximate surface area is 170 Å². The van der Waals surface area contributed by atoms with E-state index in [-0.39, 0.29) is 5.41 Å². The van der Waals surface area contributed by atoms with Crippen LogP contribution in [-0.4, -0.2) is 0 Å². The van der Waals surface area contributed by atoms with Crippen LogP contribution in [0, 0.1) is 12.8 Å². The summed E-state index contributed by atoms with van der Waals surface area (Å²) in [6.45, 7) is 12.5. The van der Waals surface area contributed by atoms with Gasteiger partial charge in [0.05, 0.1) is 0 Å². The maximum atomic E-state index is 6.13. The zero-order valence-electron chi connectivity index (χ0n) is 17.1. The average Bonchev–Trinajstić information content (AvgIpc) is 3.35. The second-order valence-electron chi connectivity index (χ2n) is 7.79. The SMILES string of the molecule is C=C(S)CCC1C=C1C=C(/C=C(\C)N)C(C)(C/C=C\C)c1ccccc1C. The van der Waals surface area contributed by atoms with E-state index >= 15 is 0 Å². The molecule has 2 heteroatoms. The molecule has 1 nitrogen and oxygen atoms in total. The van der Waals surface area contributed by atoms with E-state index in [2.05, 4.69) is 94.6 Å². The zero-order chi connectivity index (χ0) is 20.0. The third-order valence-electron chi connectivity index (χ3n) is 5.30. The first-order valence-corrected chi connectivity index (χ1v) is 10.1. The number of hydrogen-bond donors (Lipinski definition) is 2. The molecule has 2 atom stereocenters. The second kappa shape index (κ2) is 9.32. The molecule has 0 bridgehead atoms. The Hall–Kier alpha value is -1.93. The molecule has 1 aromatic carbocycles. The monoisotopic (exact) mass is 379 g/mol. The van der Waals surface area contributed by atoms with Gasteiger partial charge in [-0.1, -0.05) is 62.1 Å². The molecule has 27 heavy (non-hydrogen) atoms. The van der Waals surface area contributed by atoms with Gasteiger partial charge in [0.15, 0.2) is 0 Å². The smallest absolute Gasteiger partial charge is 0.0212 e. The number of aryl methyl sites for hydroxylation is 1. The first-order chi connectivity index (χ1) is 12.8. The van der Waals surface area contributed by atoms with Gasteiger partial charge in [-0.3, -0.25) is 0 Å². The highest BCUT2D eigenvalue weighted by molar-refractivity contribution is 7.84. The van der Waals surface area contributed by atoms with E-state index in [0.29, 0.717) is 5.92 Å². The van der Waals surface area contributed by atoms with Crippen molar-refractivity contribution in [3.63, 3.8) is 0 Å². The minimum absolute atomic E-state index is 0.125. The molecule has 1 aliphatic carbocycles. The summed E-state index contributed by atoms with van der Waals surface area (Å²) in [6, 6.07) is 8.67. The fourth-order valence-electron chi connectivity index (χ4n) is 3.63. The summed E-state index contributed by atoms with van der Waals surface area (Å²) in [7, 11) is 0. The molecular weight excluding hydrogens is 346 g/mol. The van der Waals surface area contributed by atoms with Crippen LogP contribution in [-0.2, 0) is 5.41 Å². The van der Waals surface area contributed by atoms with Gasteiger partial charge in [-0.2, -0.15) is 0 Å². The Morgan fingerprint density at radius 2 is 2.04 bits per heavy atom. The first kappa shape index (κ1) is 21.4. The number of hydrogen-bond acceptors (Lipinski definition) is 2. The van der Waals surface area contributed by atoms with Crippen LogP contribution in [0.25, 0.3) is 0 Å². The highest BCUT2D eigenvalue weighted by Crippen LogP contribution is 2.43. The summed E-state index contributed by atoms with van der Waals surface area (Å²) in [5.74, 6) is 0.540. The average molecular weight is 380 g/mol. The third kappa shape index (κ3) is 5.77. The van der Waals surface area contributed by atoms with Crippen LogP contribution in [0.2, 0.25) is 0 Å². The van der Waals surface area contributed by atoms with Crippen LogP contribution in [0.1, 0.15) is 51.2 Å². The number of allylic oxidation sites excluding steroid dienone is 9. The van der Waals surface area contributed by atoms with Gasteiger partial charge >= 0.3 is 0 Å². The van der Waals surface area contributed by atoms with Crippen LogP contribution in [0.15, 0.2) is 83.0 Å². The molecule has 2 N–H and O–H groups in total. The van der Waals surface area contributed by atoms with Crippen LogP contribution in [0.4, 0.5) is 0 Å². The van der Waals surface area contributed by atoms with Crippen LogP contribution >= 0.6 is 12.6 Å². The Kier molecular flexibility index (Phi) is 7.38. The van der Waals surface area contributed by atoms with E-state index in [1.165, 1.54) is 22.3 Å². The summed E-state index contributed by atoms with van der Waals surface area (Å²) in [5, 5.41) is 0. The molecule has 0 radical (unpaired) electrons. The lowest BCUT2D eigenvalue weighted by atomic mass is 9.71. The molecule has 0 aliphatic heterocycles. The van der Waals surface area contributed by atoms with E-state index in [1.807, 2.05) is 6.92 Å². The van der Waals surface area contributed by atoms with E-state index in [0.717, 1.165) is 29.9 Å². The summed E-state index contributed by atoms with van der Waals surface area (Å²) in [5.41, 5.74) is 12.2. The highest BCUT2D eigenvalue weighted by Gasteiger charge is 2.32. The third-order valence-corrected chi connectivity index (χ3v) is 5.52. The normalized spacial score (nSPS) is 19.7. The quantitative estimate of drug-likeness (QED) is 0.276. The van der Waals surface area contributed by atoms with Crippen molar-refractivity contribution in [2.45, 2.75) is 52.4 Å². The fraction of sp³-hybridized carbons (Fsp3) is 0.360. The lowest BCUT2D eigenvalue weighted by Crippen LogP contribution is -2.25. The zero-order valence-corrected chi connectivity index (χ0v) is 18.0. The molecule has 1 aliphatic rings. The maximum Gasteiger partial charge on any atom is 0.0212 e. The molecule has 2 rings (SSSR count). The largest absolute Gasteiger partial charge is 0.402 e. The van der Waals surface area contributed by atoms with Crippen molar-refractivity contribution < 1.29 is 0 Å². The predicted molar refractivity (Wildman–Crippen MR) is 123 cm³/mol. The van der Waals surface area contributed by atoms with Crippen molar-refractivity contribution >= 4 is 12.6 Å². The van der Waals surface area contributed by atoms with Gasteiger partial charge in [0.1, 0.15) is 0 Å². The van der Waals surface area contributed by atoms with Crippen molar-refractivity contribution in [3.8, 4) is 0 Å². The summed E-state index contributed by atoms with van der Waals surface area (Å²) in [6.07, 6.45) is 14.2. The first-order valence-electron chi connectivity index (χ1n) is 9.69. The highest BCUT2D eigenvalue weighted by atomic mass is 32.1. The molecule has 0 fully saturated rings. The lowest BCUT2D eigenvalue weighted by Gasteiger charge is -2.33. The van der Waals surface area contributed by atoms with Crippen molar-refractivity contribution in [1.29, 1.82) is 0 Å². The van der Waals surface area contributed by atoms with E-state index < -0.39 is 0 Å². The van der Waals surface area contributed by atoms with E-state index in [4.69, 9.17) is 5.73 Å². The van der Waals surface area contributed by atoms with Crippen LogP contribution in [0.3, 0.4) is 0 Å². The van der Waals surface area contributed by atoms with Gasteiger partial charge in [0.25, 0.3) is 0 Å². The van der Waals surface area contributed by atoms with Crippen molar-refractivity contribution in [1.82, 2.24) is 0 Å². The number of thiol groups is 1. The number of rotatable bonds is 9. The predicted octanol–water partition coefficient (Wildman–Crippen LogP) is 6.79. The fourth-order valence-corrected chi connectivity index (χ4v) is 3.75. The Bertz CT molecular complexity index is 805. The molecule has 144 valence electrons. The van der Waals surface area contributed by atoms with Gasteiger partial charge in [0.2, 0.25) is 0 Å². The van der Waals surface area contributed by atoms with E-state index in [9.17, 15) is 0 Å². The van der Waals surface area contributed by atoms with Crippen molar-refractivity contribution in [2.75, 3.05) is 0 Å². The molecule has 0 spiro atoms. The molecule has 0 saturated heterocycles. The second-order valence-corrected chi connectivity index (χ2v) is 8.42. The topological polar surface area (TPSA) is 26.0 Å². The summed E-state index contributed by atoms with van der Waals surface area (Å²) < 4.78 is 0. The summed E-state index contributed by atoms with van der Waals surface area (Å²) >= 11 is 4.32. The number of nitrogens with two attached hydrogens (primary N) is 1. The van der Waals surface area contributed by atoms with Crippen molar-refractivity contribution in [3.05, 3.63) is 94.1 Å². The lowest BCUT2D eigenvalue weighted by molar-refractivity contribution is 0.573. The van der Waals surface area contributed by atoms with Gasteiger partial charge in [0, 0.05) is 17.0 Å². The summed E-state index contributed by atoms with van der Waals surface area (Å²) in [4.78, 5) is 0.953. The van der Waals surface area contributed by atoms with Crippen LogP contribution in [0.5, 0.6) is 0 Å². The van der Waals surface area contributed by atoms with Crippen LogP contribution < -0.4 is 5.73 Å². The van der Waals surface area contributed by atoms with Gasteiger partial charge in [-0.05, 0) is 73.3 Å². The Morgan fingerprint density at radius 1 is 1.33 bits per heavy atom. The molecule has 0 saturated carbocycles. The van der Waals surface area contributed by atoms with E-state index in [1.54, 1.807) is 0 Å².